The highest BCUT2D eigenvalue weighted by Crippen LogP contribution is 2.32. The Hall–Kier alpha value is -0.930. The van der Waals surface area contributed by atoms with Gasteiger partial charge in [-0.05, 0) is 57.3 Å². The van der Waals surface area contributed by atoms with Crippen LogP contribution < -0.4 is 0 Å². The van der Waals surface area contributed by atoms with Gasteiger partial charge in [0, 0.05) is 12.3 Å². The van der Waals surface area contributed by atoms with E-state index in [1.807, 2.05) is 12.2 Å². The maximum atomic E-state index is 13.9. The summed E-state index contributed by atoms with van der Waals surface area (Å²) < 4.78 is 27.2. The predicted octanol–water partition coefficient (Wildman–Crippen LogP) is 4.69. The summed E-state index contributed by atoms with van der Waals surface area (Å²) in [5, 5.41) is 8.96. The summed E-state index contributed by atoms with van der Waals surface area (Å²) in [6.45, 7) is 0. The van der Waals surface area contributed by atoms with Gasteiger partial charge in [0.2, 0.25) is 0 Å². The Bertz CT molecular complexity index is 362. The second-order valence-corrected chi connectivity index (χ2v) is 6.66. The zero-order valence-corrected chi connectivity index (χ0v) is 12.5. The van der Waals surface area contributed by atoms with E-state index in [0.717, 1.165) is 44.9 Å². The van der Waals surface area contributed by atoms with Crippen molar-refractivity contribution in [2.45, 2.75) is 70.1 Å². The minimum atomic E-state index is -1.05. The van der Waals surface area contributed by atoms with Gasteiger partial charge in [-0.3, -0.25) is 4.79 Å². The van der Waals surface area contributed by atoms with Crippen molar-refractivity contribution in [3.05, 3.63) is 12.2 Å². The molecule has 0 aromatic carbocycles. The number of rotatable bonds is 4. The van der Waals surface area contributed by atoms with Crippen LogP contribution in [0.25, 0.3) is 0 Å². The fraction of sp³-hybridized carbons (Fsp3) is 0.824. The van der Waals surface area contributed by atoms with E-state index < -0.39 is 18.3 Å². The van der Waals surface area contributed by atoms with Crippen LogP contribution in [-0.4, -0.2) is 23.4 Å². The first kappa shape index (κ1) is 16.4. The topological polar surface area (TPSA) is 37.3 Å². The Morgan fingerprint density at radius 1 is 1.10 bits per heavy atom. The molecule has 0 aromatic heterocycles. The quantitative estimate of drug-likeness (QED) is 0.604. The molecule has 3 atom stereocenters. The zero-order chi connectivity index (χ0) is 15.2. The number of allylic oxidation sites excluding steroid dienone is 2. The number of carboxylic acid groups (broad SMARTS) is 1. The van der Waals surface area contributed by atoms with Gasteiger partial charge in [-0.25, -0.2) is 8.78 Å². The summed E-state index contributed by atoms with van der Waals surface area (Å²) in [7, 11) is 0. The van der Waals surface area contributed by atoms with Crippen LogP contribution in [0.5, 0.6) is 0 Å². The number of carbonyl (C=O) groups is 1. The van der Waals surface area contributed by atoms with E-state index in [1.54, 1.807) is 0 Å². The Labute approximate surface area is 125 Å². The van der Waals surface area contributed by atoms with Crippen molar-refractivity contribution in [3.8, 4) is 0 Å². The molecule has 21 heavy (non-hydrogen) atoms. The molecule has 0 saturated heterocycles. The lowest BCUT2D eigenvalue weighted by atomic mass is 9.80. The summed E-state index contributed by atoms with van der Waals surface area (Å²) in [5.74, 6) is -0.469. The van der Waals surface area contributed by atoms with Crippen LogP contribution in [0, 0.1) is 17.8 Å². The maximum Gasteiger partial charge on any atom is 0.306 e. The van der Waals surface area contributed by atoms with E-state index in [4.69, 9.17) is 5.11 Å². The predicted molar refractivity (Wildman–Crippen MR) is 78.6 cm³/mol. The van der Waals surface area contributed by atoms with Crippen LogP contribution in [-0.2, 0) is 4.79 Å². The molecule has 0 radical (unpaired) electrons. The van der Waals surface area contributed by atoms with Crippen LogP contribution in [0.3, 0.4) is 0 Å². The zero-order valence-electron chi connectivity index (χ0n) is 12.5. The molecular formula is C17H26F2O2. The monoisotopic (exact) mass is 300 g/mol. The van der Waals surface area contributed by atoms with Crippen molar-refractivity contribution >= 4 is 5.97 Å². The number of halogens is 2. The Morgan fingerprint density at radius 2 is 1.81 bits per heavy atom. The molecule has 1 N–H and O–H groups in total. The lowest BCUT2D eigenvalue weighted by molar-refractivity contribution is -0.143. The van der Waals surface area contributed by atoms with Gasteiger partial charge in [0.25, 0.3) is 0 Å². The van der Waals surface area contributed by atoms with Crippen molar-refractivity contribution in [3.63, 3.8) is 0 Å². The second-order valence-electron chi connectivity index (χ2n) is 6.66. The third kappa shape index (κ3) is 5.08. The molecule has 2 fully saturated rings. The van der Waals surface area contributed by atoms with Crippen molar-refractivity contribution in [1.29, 1.82) is 0 Å². The summed E-state index contributed by atoms with van der Waals surface area (Å²) in [5.41, 5.74) is 0. The van der Waals surface area contributed by atoms with Gasteiger partial charge >= 0.3 is 5.97 Å². The molecule has 0 spiro atoms. The highest BCUT2D eigenvalue weighted by Gasteiger charge is 2.27. The average Bonchev–Trinajstić information content (AvgIpc) is 2.60. The third-order valence-electron chi connectivity index (χ3n) is 5.05. The number of aliphatic carboxylic acids is 1. The van der Waals surface area contributed by atoms with E-state index in [1.165, 1.54) is 0 Å². The largest absolute Gasteiger partial charge is 0.481 e. The summed E-state index contributed by atoms with van der Waals surface area (Å²) >= 11 is 0. The Balaban J connectivity index is 1.74. The van der Waals surface area contributed by atoms with E-state index in [9.17, 15) is 13.6 Å². The molecule has 2 nitrogen and oxygen atoms in total. The summed E-state index contributed by atoms with van der Waals surface area (Å²) in [6.07, 6.45) is 8.27. The van der Waals surface area contributed by atoms with E-state index in [2.05, 4.69) is 0 Å². The highest BCUT2D eigenvalue weighted by molar-refractivity contribution is 5.69. The average molecular weight is 300 g/mol. The lowest BCUT2D eigenvalue weighted by Crippen LogP contribution is -2.21. The van der Waals surface area contributed by atoms with E-state index in [-0.39, 0.29) is 18.3 Å². The molecule has 2 saturated carbocycles. The molecule has 0 amide bonds. The minimum Gasteiger partial charge on any atom is -0.481 e. The van der Waals surface area contributed by atoms with Gasteiger partial charge < -0.3 is 5.11 Å². The molecular weight excluding hydrogens is 274 g/mol. The summed E-state index contributed by atoms with van der Waals surface area (Å²) in [4.78, 5) is 10.9. The normalized spacial score (nSPS) is 38.3. The van der Waals surface area contributed by atoms with Crippen molar-refractivity contribution in [2.24, 2.45) is 17.8 Å². The number of hydrogen-bond acceptors (Lipinski definition) is 1. The highest BCUT2D eigenvalue weighted by atomic mass is 19.1. The number of hydrogen-bond donors (Lipinski definition) is 1. The molecule has 4 heteroatoms. The van der Waals surface area contributed by atoms with Gasteiger partial charge in [0.15, 0.2) is 0 Å². The van der Waals surface area contributed by atoms with E-state index in [0.29, 0.717) is 12.3 Å². The SMILES string of the molecule is O=C(O)C1CCC(CC=CC2CCCC(F)CC2F)CC1. The fourth-order valence-electron chi connectivity index (χ4n) is 3.60. The fourth-order valence-corrected chi connectivity index (χ4v) is 3.60. The van der Waals surface area contributed by atoms with Gasteiger partial charge in [-0.2, -0.15) is 0 Å². The Kier molecular flexibility index (Phi) is 6.19. The van der Waals surface area contributed by atoms with Crippen LogP contribution >= 0.6 is 0 Å². The van der Waals surface area contributed by atoms with Crippen molar-refractivity contribution in [1.82, 2.24) is 0 Å². The molecule has 2 aliphatic rings. The molecule has 0 aromatic rings. The minimum absolute atomic E-state index is 0.0404. The van der Waals surface area contributed by atoms with Gasteiger partial charge in [0.05, 0.1) is 5.92 Å². The van der Waals surface area contributed by atoms with Crippen LogP contribution in [0.15, 0.2) is 12.2 Å². The summed E-state index contributed by atoms with van der Waals surface area (Å²) in [6, 6.07) is 0. The first-order valence-electron chi connectivity index (χ1n) is 8.24. The molecule has 120 valence electrons. The first-order chi connectivity index (χ1) is 10.1. The molecule has 2 aliphatic carbocycles. The molecule has 3 unspecified atom stereocenters. The molecule has 0 bridgehead atoms. The second kappa shape index (κ2) is 7.90. The molecule has 0 aliphatic heterocycles. The van der Waals surface area contributed by atoms with Crippen LogP contribution in [0.2, 0.25) is 0 Å². The first-order valence-corrected chi connectivity index (χ1v) is 8.24. The standard InChI is InChI=1S/C17H26F2O2/c18-15-6-2-5-13(16(19)11-15)4-1-3-12-7-9-14(10-8-12)17(20)21/h1,4,12-16H,2-3,5-11H2,(H,20,21). The third-order valence-corrected chi connectivity index (χ3v) is 5.05. The van der Waals surface area contributed by atoms with Gasteiger partial charge in [-0.15, -0.1) is 0 Å². The molecule has 0 heterocycles. The number of alkyl halides is 2. The smallest absolute Gasteiger partial charge is 0.306 e. The van der Waals surface area contributed by atoms with E-state index >= 15 is 0 Å². The molecule has 2 rings (SSSR count). The van der Waals surface area contributed by atoms with Gasteiger partial charge in [-0.1, -0.05) is 12.2 Å². The van der Waals surface area contributed by atoms with Crippen LogP contribution in [0.4, 0.5) is 8.78 Å². The van der Waals surface area contributed by atoms with Gasteiger partial charge in [0.1, 0.15) is 12.3 Å². The van der Waals surface area contributed by atoms with Crippen molar-refractivity contribution < 1.29 is 18.7 Å². The Morgan fingerprint density at radius 3 is 2.48 bits per heavy atom. The van der Waals surface area contributed by atoms with Crippen molar-refractivity contribution in [2.75, 3.05) is 0 Å². The maximum absolute atomic E-state index is 13.9. The number of carboxylic acids is 1. The lowest BCUT2D eigenvalue weighted by Gasteiger charge is -2.25. The van der Waals surface area contributed by atoms with Crippen LogP contribution in [0.1, 0.15) is 57.8 Å².